The largest absolute Gasteiger partial charge is 0.298 e. The van der Waals surface area contributed by atoms with Crippen molar-refractivity contribution in [3.8, 4) is 0 Å². The first-order chi connectivity index (χ1) is 9.67. The van der Waals surface area contributed by atoms with Crippen LogP contribution in [0.5, 0.6) is 0 Å². The summed E-state index contributed by atoms with van der Waals surface area (Å²) >= 11 is 0. The number of carbonyl (C=O) groups is 2. The fraction of sp³-hybridized carbons (Fsp3) is 0.222. The quantitative estimate of drug-likeness (QED) is 0.773. The molecule has 2 aromatic rings. The Kier molecular flexibility index (Phi) is 4.46. The van der Waals surface area contributed by atoms with E-state index < -0.39 is 0 Å². The zero-order valence-electron chi connectivity index (χ0n) is 11.8. The fourth-order valence-electron chi connectivity index (χ4n) is 2.47. The number of rotatable bonds is 5. The van der Waals surface area contributed by atoms with E-state index in [4.69, 9.17) is 0 Å². The molecule has 2 aromatic carbocycles. The Morgan fingerprint density at radius 3 is 1.50 bits per heavy atom. The van der Waals surface area contributed by atoms with E-state index >= 15 is 0 Å². The highest BCUT2D eigenvalue weighted by molar-refractivity contribution is 5.78. The summed E-state index contributed by atoms with van der Waals surface area (Å²) in [6.07, 6.45) is 3.54. The van der Waals surface area contributed by atoms with Crippen LogP contribution in [0, 0.1) is 13.8 Å². The first kappa shape index (κ1) is 14.2. The standard InChI is InChI=1S/C18H18O2/c1-13-15(5-3-7-17(13)11-19)9-10-16-6-4-8-18(12-20)14(16)2/h3-8,11-12H,9-10H2,1-2H3. The van der Waals surface area contributed by atoms with Crippen molar-refractivity contribution in [3.05, 3.63) is 69.8 Å². The van der Waals surface area contributed by atoms with E-state index in [9.17, 15) is 9.59 Å². The average molecular weight is 266 g/mol. The van der Waals surface area contributed by atoms with Crippen molar-refractivity contribution in [2.75, 3.05) is 0 Å². The van der Waals surface area contributed by atoms with Gasteiger partial charge in [0, 0.05) is 11.1 Å². The van der Waals surface area contributed by atoms with Crippen LogP contribution >= 0.6 is 0 Å². The molecule has 0 aromatic heterocycles. The molecule has 0 spiro atoms. The van der Waals surface area contributed by atoms with Gasteiger partial charge >= 0.3 is 0 Å². The Labute approximate surface area is 119 Å². The van der Waals surface area contributed by atoms with Crippen LogP contribution in [-0.2, 0) is 12.8 Å². The molecule has 0 radical (unpaired) electrons. The zero-order chi connectivity index (χ0) is 14.5. The third-order valence-electron chi connectivity index (χ3n) is 3.89. The molecule has 2 nitrogen and oxygen atoms in total. The van der Waals surface area contributed by atoms with Gasteiger partial charge in [-0.25, -0.2) is 0 Å². The molecule has 102 valence electrons. The van der Waals surface area contributed by atoms with E-state index in [1.807, 2.05) is 38.1 Å². The number of hydrogen-bond acceptors (Lipinski definition) is 2. The highest BCUT2D eigenvalue weighted by atomic mass is 16.1. The highest BCUT2D eigenvalue weighted by Crippen LogP contribution is 2.18. The van der Waals surface area contributed by atoms with Crippen molar-refractivity contribution in [3.63, 3.8) is 0 Å². The molecule has 2 heteroatoms. The minimum absolute atomic E-state index is 0.751. The molecule has 0 aliphatic rings. The van der Waals surface area contributed by atoms with Gasteiger partial charge in [-0.2, -0.15) is 0 Å². The Balaban J connectivity index is 2.21. The van der Waals surface area contributed by atoms with Gasteiger partial charge in [-0.15, -0.1) is 0 Å². The van der Waals surface area contributed by atoms with Crippen LogP contribution in [0.4, 0.5) is 0 Å². The first-order valence-electron chi connectivity index (χ1n) is 6.74. The third kappa shape index (κ3) is 2.85. The molecule has 0 amide bonds. The molecule has 0 fully saturated rings. The number of carbonyl (C=O) groups excluding carboxylic acids is 2. The molecular weight excluding hydrogens is 248 g/mol. The third-order valence-corrected chi connectivity index (χ3v) is 3.89. The first-order valence-corrected chi connectivity index (χ1v) is 6.74. The summed E-state index contributed by atoms with van der Waals surface area (Å²) in [6, 6.07) is 11.6. The summed E-state index contributed by atoms with van der Waals surface area (Å²) < 4.78 is 0. The molecule has 0 aliphatic carbocycles. The summed E-state index contributed by atoms with van der Waals surface area (Å²) in [5.41, 5.74) is 5.97. The van der Waals surface area contributed by atoms with Crippen LogP contribution in [0.2, 0.25) is 0 Å². The Hall–Kier alpha value is -2.22. The van der Waals surface area contributed by atoms with Crippen LogP contribution in [-0.4, -0.2) is 12.6 Å². The lowest BCUT2D eigenvalue weighted by Crippen LogP contribution is -2.00. The van der Waals surface area contributed by atoms with Crippen molar-refractivity contribution >= 4 is 12.6 Å². The molecule has 0 heterocycles. The molecule has 0 aliphatic heterocycles. The number of hydrogen-bond donors (Lipinski definition) is 0. The van der Waals surface area contributed by atoms with E-state index in [1.165, 1.54) is 11.1 Å². The second kappa shape index (κ2) is 6.29. The molecular formula is C18H18O2. The topological polar surface area (TPSA) is 34.1 Å². The molecule has 0 unspecified atom stereocenters. The summed E-state index contributed by atoms with van der Waals surface area (Å²) in [4.78, 5) is 21.9. The van der Waals surface area contributed by atoms with E-state index in [0.717, 1.165) is 47.7 Å². The molecule has 0 atom stereocenters. The molecule has 0 bridgehead atoms. The summed E-state index contributed by atoms with van der Waals surface area (Å²) in [6.45, 7) is 3.96. The Morgan fingerprint density at radius 2 is 1.15 bits per heavy atom. The van der Waals surface area contributed by atoms with Crippen LogP contribution < -0.4 is 0 Å². The number of aldehydes is 2. The van der Waals surface area contributed by atoms with Gasteiger partial charge in [-0.05, 0) is 48.9 Å². The maximum Gasteiger partial charge on any atom is 0.150 e. The maximum atomic E-state index is 11.0. The normalized spacial score (nSPS) is 10.3. The molecule has 0 saturated carbocycles. The van der Waals surface area contributed by atoms with E-state index in [1.54, 1.807) is 0 Å². The molecule has 0 saturated heterocycles. The minimum atomic E-state index is 0.751. The predicted molar refractivity (Wildman–Crippen MR) is 80.5 cm³/mol. The van der Waals surface area contributed by atoms with E-state index in [-0.39, 0.29) is 0 Å². The zero-order valence-corrected chi connectivity index (χ0v) is 11.8. The van der Waals surface area contributed by atoms with Crippen LogP contribution in [0.1, 0.15) is 43.0 Å². The van der Waals surface area contributed by atoms with Gasteiger partial charge < -0.3 is 0 Å². The summed E-state index contributed by atoms with van der Waals surface area (Å²) in [7, 11) is 0. The van der Waals surface area contributed by atoms with Crippen LogP contribution in [0.3, 0.4) is 0 Å². The van der Waals surface area contributed by atoms with E-state index in [0.29, 0.717) is 0 Å². The summed E-state index contributed by atoms with van der Waals surface area (Å²) in [5.74, 6) is 0. The fourth-order valence-corrected chi connectivity index (χ4v) is 2.47. The lowest BCUT2D eigenvalue weighted by Gasteiger charge is -2.10. The minimum Gasteiger partial charge on any atom is -0.298 e. The van der Waals surface area contributed by atoms with Gasteiger partial charge in [0.05, 0.1) is 0 Å². The van der Waals surface area contributed by atoms with Gasteiger partial charge in [-0.1, -0.05) is 36.4 Å². The monoisotopic (exact) mass is 266 g/mol. The van der Waals surface area contributed by atoms with Crippen LogP contribution in [0.15, 0.2) is 36.4 Å². The van der Waals surface area contributed by atoms with Crippen molar-refractivity contribution < 1.29 is 9.59 Å². The SMILES string of the molecule is Cc1c(C=O)cccc1CCc1cccc(C=O)c1C. The van der Waals surface area contributed by atoms with E-state index in [2.05, 4.69) is 12.1 Å². The van der Waals surface area contributed by atoms with Gasteiger partial charge in [0.25, 0.3) is 0 Å². The van der Waals surface area contributed by atoms with Gasteiger partial charge in [0.15, 0.2) is 0 Å². The maximum absolute atomic E-state index is 11.0. The van der Waals surface area contributed by atoms with Gasteiger partial charge in [0.2, 0.25) is 0 Å². The second-order valence-electron chi connectivity index (χ2n) is 5.00. The Morgan fingerprint density at radius 1 is 0.750 bits per heavy atom. The van der Waals surface area contributed by atoms with Gasteiger partial charge in [0.1, 0.15) is 12.6 Å². The lowest BCUT2D eigenvalue weighted by molar-refractivity contribution is 0.111. The van der Waals surface area contributed by atoms with Crippen molar-refractivity contribution in [2.45, 2.75) is 26.7 Å². The molecule has 20 heavy (non-hydrogen) atoms. The van der Waals surface area contributed by atoms with Crippen molar-refractivity contribution in [1.82, 2.24) is 0 Å². The smallest absolute Gasteiger partial charge is 0.150 e. The van der Waals surface area contributed by atoms with Crippen molar-refractivity contribution in [2.24, 2.45) is 0 Å². The Bertz CT molecular complexity index is 584. The van der Waals surface area contributed by atoms with Gasteiger partial charge in [-0.3, -0.25) is 9.59 Å². The number of benzene rings is 2. The molecule has 2 rings (SSSR count). The molecule has 0 N–H and O–H groups in total. The average Bonchev–Trinajstić information content (AvgIpc) is 2.47. The van der Waals surface area contributed by atoms with Crippen LogP contribution in [0.25, 0.3) is 0 Å². The van der Waals surface area contributed by atoms with Crippen molar-refractivity contribution in [1.29, 1.82) is 0 Å². The number of aryl methyl sites for hydroxylation is 2. The predicted octanol–water partition coefficient (Wildman–Crippen LogP) is 3.71. The lowest BCUT2D eigenvalue weighted by atomic mass is 9.94. The summed E-state index contributed by atoms with van der Waals surface area (Å²) in [5, 5.41) is 0. The highest BCUT2D eigenvalue weighted by Gasteiger charge is 2.06. The second-order valence-corrected chi connectivity index (χ2v) is 5.00.